The third kappa shape index (κ3) is 2.69. The van der Waals surface area contributed by atoms with Gasteiger partial charge in [0.25, 0.3) is 0 Å². The molecule has 4 N–H and O–H groups in total. The van der Waals surface area contributed by atoms with Gasteiger partial charge in [-0.3, -0.25) is 5.32 Å². The Labute approximate surface area is 92.8 Å². The number of alkyl halides is 3. The van der Waals surface area contributed by atoms with Gasteiger partial charge in [0.2, 0.25) is 0 Å². The number of nitrogen functional groups attached to an aromatic ring is 1. The molecule has 1 aromatic carbocycles. The predicted octanol–water partition coefficient (Wildman–Crippen LogP) is 3.03. The summed E-state index contributed by atoms with van der Waals surface area (Å²) in [6.07, 6.45) is -6.14. The van der Waals surface area contributed by atoms with Crippen LogP contribution in [0.3, 0.4) is 0 Å². The van der Waals surface area contributed by atoms with Gasteiger partial charge in [0, 0.05) is 0 Å². The molecule has 0 aliphatic heterocycles. The van der Waals surface area contributed by atoms with E-state index in [0.29, 0.717) is 12.1 Å². The van der Waals surface area contributed by atoms with Crippen LogP contribution in [0.4, 0.5) is 29.3 Å². The van der Waals surface area contributed by atoms with E-state index in [-0.39, 0.29) is 10.7 Å². The maximum absolute atomic E-state index is 12.3. The molecule has 0 atom stereocenters. The van der Waals surface area contributed by atoms with Gasteiger partial charge in [0.1, 0.15) is 0 Å². The first-order chi connectivity index (χ1) is 7.21. The molecule has 0 aromatic heterocycles. The summed E-state index contributed by atoms with van der Waals surface area (Å²) in [5.41, 5.74) is 3.60. The van der Waals surface area contributed by atoms with Gasteiger partial charge >= 0.3 is 12.3 Å². The SMILES string of the molecule is Nc1c(Cl)cc(C(F)(F)F)cc1NC(=O)O. The topological polar surface area (TPSA) is 75.3 Å². The number of nitrogens with one attached hydrogen (secondary N) is 1. The Balaban J connectivity index is 3.27. The highest BCUT2D eigenvalue weighted by Crippen LogP contribution is 2.37. The van der Waals surface area contributed by atoms with Crippen LogP contribution in [0.1, 0.15) is 5.56 Å². The lowest BCUT2D eigenvalue weighted by Gasteiger charge is -2.12. The lowest BCUT2D eigenvalue weighted by molar-refractivity contribution is -0.137. The standard InChI is InChI=1S/C8H6ClF3N2O2/c9-4-1-3(8(10,11)12)2-5(6(4)13)14-7(15)16/h1-2,14H,13H2,(H,15,16). The van der Waals surface area contributed by atoms with Crippen molar-refractivity contribution in [2.75, 3.05) is 11.1 Å². The second-order valence-corrected chi connectivity index (χ2v) is 3.25. The van der Waals surface area contributed by atoms with E-state index in [1.807, 2.05) is 0 Å². The van der Waals surface area contributed by atoms with Gasteiger partial charge in [-0.1, -0.05) is 11.6 Å². The first-order valence-corrected chi connectivity index (χ1v) is 4.26. The van der Waals surface area contributed by atoms with Crippen molar-refractivity contribution in [3.8, 4) is 0 Å². The second-order valence-electron chi connectivity index (χ2n) is 2.85. The average molecular weight is 255 g/mol. The summed E-state index contributed by atoms with van der Waals surface area (Å²) in [4.78, 5) is 10.3. The lowest BCUT2D eigenvalue weighted by atomic mass is 10.1. The number of carboxylic acid groups (broad SMARTS) is 1. The predicted molar refractivity (Wildman–Crippen MR) is 52.5 cm³/mol. The van der Waals surface area contributed by atoms with E-state index < -0.39 is 23.5 Å². The van der Waals surface area contributed by atoms with Crippen LogP contribution in [0.15, 0.2) is 12.1 Å². The maximum Gasteiger partial charge on any atom is 0.416 e. The number of halogens is 4. The number of carbonyl (C=O) groups is 1. The molecule has 4 nitrogen and oxygen atoms in total. The molecule has 0 heterocycles. The van der Waals surface area contributed by atoms with E-state index in [1.54, 1.807) is 5.32 Å². The number of nitrogens with two attached hydrogens (primary N) is 1. The van der Waals surface area contributed by atoms with Crippen LogP contribution in [-0.2, 0) is 6.18 Å². The van der Waals surface area contributed by atoms with Crippen LogP contribution in [0, 0.1) is 0 Å². The molecule has 1 amide bonds. The quantitative estimate of drug-likeness (QED) is 0.674. The molecule has 1 rings (SSSR count). The molecule has 0 fully saturated rings. The molecule has 0 saturated heterocycles. The zero-order chi connectivity index (χ0) is 12.5. The fourth-order valence-corrected chi connectivity index (χ4v) is 1.22. The largest absolute Gasteiger partial charge is 0.465 e. The van der Waals surface area contributed by atoms with Gasteiger partial charge in [0.05, 0.1) is 22.0 Å². The van der Waals surface area contributed by atoms with Crippen molar-refractivity contribution in [1.82, 2.24) is 0 Å². The number of hydrogen-bond donors (Lipinski definition) is 3. The Bertz CT molecular complexity index is 434. The van der Waals surface area contributed by atoms with Crippen molar-refractivity contribution in [2.45, 2.75) is 6.18 Å². The van der Waals surface area contributed by atoms with Crippen LogP contribution in [-0.4, -0.2) is 11.2 Å². The molecule has 0 spiro atoms. The summed E-state index contributed by atoms with van der Waals surface area (Å²) < 4.78 is 37.0. The molecule has 0 saturated carbocycles. The van der Waals surface area contributed by atoms with Crippen LogP contribution in [0.5, 0.6) is 0 Å². The molecule has 8 heteroatoms. The fraction of sp³-hybridized carbons (Fsp3) is 0.125. The fourth-order valence-electron chi connectivity index (χ4n) is 1.00. The number of rotatable bonds is 1. The van der Waals surface area contributed by atoms with Crippen molar-refractivity contribution in [1.29, 1.82) is 0 Å². The summed E-state index contributed by atoms with van der Waals surface area (Å²) in [5.74, 6) is 0. The Morgan fingerprint density at radius 3 is 2.44 bits per heavy atom. The van der Waals surface area contributed by atoms with E-state index >= 15 is 0 Å². The summed E-state index contributed by atoms with van der Waals surface area (Å²) in [7, 11) is 0. The first kappa shape index (κ1) is 12.4. The molecular formula is C8H6ClF3N2O2. The van der Waals surface area contributed by atoms with Crippen LogP contribution < -0.4 is 11.1 Å². The van der Waals surface area contributed by atoms with Gasteiger partial charge in [-0.05, 0) is 12.1 Å². The highest BCUT2D eigenvalue weighted by atomic mass is 35.5. The normalized spacial score (nSPS) is 11.2. The highest BCUT2D eigenvalue weighted by Gasteiger charge is 2.32. The Morgan fingerprint density at radius 1 is 1.44 bits per heavy atom. The number of amides is 1. The summed E-state index contributed by atoms with van der Waals surface area (Å²) in [6.45, 7) is 0. The smallest absolute Gasteiger partial charge is 0.416 e. The monoisotopic (exact) mass is 254 g/mol. The van der Waals surface area contributed by atoms with Crippen molar-refractivity contribution in [3.05, 3.63) is 22.7 Å². The number of benzene rings is 1. The van der Waals surface area contributed by atoms with E-state index in [0.717, 1.165) is 0 Å². The molecule has 0 aliphatic rings. The van der Waals surface area contributed by atoms with Crippen LogP contribution >= 0.6 is 11.6 Å². The van der Waals surface area contributed by atoms with Gasteiger partial charge in [-0.2, -0.15) is 13.2 Å². The van der Waals surface area contributed by atoms with Gasteiger partial charge < -0.3 is 10.8 Å². The maximum atomic E-state index is 12.3. The summed E-state index contributed by atoms with van der Waals surface area (Å²) in [5, 5.41) is 9.76. The third-order valence-corrected chi connectivity index (χ3v) is 2.01. The zero-order valence-corrected chi connectivity index (χ0v) is 8.36. The summed E-state index contributed by atoms with van der Waals surface area (Å²) >= 11 is 5.45. The molecule has 1 aromatic rings. The lowest BCUT2D eigenvalue weighted by Crippen LogP contribution is -2.12. The molecule has 0 bridgehead atoms. The van der Waals surface area contributed by atoms with Gasteiger partial charge in [-0.25, -0.2) is 4.79 Å². The first-order valence-electron chi connectivity index (χ1n) is 3.88. The van der Waals surface area contributed by atoms with Gasteiger partial charge in [-0.15, -0.1) is 0 Å². The Hall–Kier alpha value is -1.63. The minimum absolute atomic E-state index is 0.253. The third-order valence-electron chi connectivity index (χ3n) is 1.70. The minimum atomic E-state index is -4.62. The molecular weight excluding hydrogens is 249 g/mol. The highest BCUT2D eigenvalue weighted by molar-refractivity contribution is 6.34. The van der Waals surface area contributed by atoms with E-state index in [4.69, 9.17) is 22.4 Å². The Kier molecular flexibility index (Phi) is 3.18. The van der Waals surface area contributed by atoms with Crippen molar-refractivity contribution >= 4 is 29.1 Å². The molecule has 0 unspecified atom stereocenters. The summed E-state index contributed by atoms with van der Waals surface area (Å²) in [6, 6.07) is 1.21. The molecule has 16 heavy (non-hydrogen) atoms. The Morgan fingerprint density at radius 2 is 2.00 bits per heavy atom. The van der Waals surface area contributed by atoms with Crippen molar-refractivity contribution < 1.29 is 23.1 Å². The second kappa shape index (κ2) is 4.09. The van der Waals surface area contributed by atoms with Crippen molar-refractivity contribution in [3.63, 3.8) is 0 Å². The van der Waals surface area contributed by atoms with E-state index in [2.05, 4.69) is 0 Å². The van der Waals surface area contributed by atoms with Gasteiger partial charge in [0.15, 0.2) is 0 Å². The molecule has 88 valence electrons. The average Bonchev–Trinajstić information content (AvgIpc) is 2.10. The van der Waals surface area contributed by atoms with Crippen molar-refractivity contribution in [2.24, 2.45) is 0 Å². The number of anilines is 2. The van der Waals surface area contributed by atoms with E-state index in [9.17, 15) is 18.0 Å². The number of hydrogen-bond acceptors (Lipinski definition) is 2. The zero-order valence-electron chi connectivity index (χ0n) is 7.60. The molecule has 0 aliphatic carbocycles. The van der Waals surface area contributed by atoms with E-state index in [1.165, 1.54) is 0 Å². The minimum Gasteiger partial charge on any atom is -0.465 e. The van der Waals surface area contributed by atoms with Crippen LogP contribution in [0.2, 0.25) is 5.02 Å². The van der Waals surface area contributed by atoms with Crippen LogP contribution in [0.25, 0.3) is 0 Å². The molecule has 0 radical (unpaired) electrons.